The third-order valence-electron chi connectivity index (χ3n) is 4.36. The molecule has 1 aliphatic heterocycles. The highest BCUT2D eigenvalue weighted by Crippen LogP contribution is 2.24. The number of urea groups is 1. The third-order valence-corrected chi connectivity index (χ3v) is 4.36. The van der Waals surface area contributed by atoms with Crippen LogP contribution < -0.4 is 10.6 Å². The molecule has 0 bridgehead atoms. The zero-order chi connectivity index (χ0) is 18.2. The Morgan fingerprint density at radius 1 is 1.32 bits per heavy atom. The number of hydrogen-bond donors (Lipinski definition) is 3. The van der Waals surface area contributed by atoms with Gasteiger partial charge >= 0.3 is 6.03 Å². The normalized spacial score (nSPS) is 15.1. The molecular weight excluding hydrogens is 322 g/mol. The number of nitrogens with one attached hydrogen (secondary N) is 2. The van der Waals surface area contributed by atoms with Crippen LogP contribution in [0.1, 0.15) is 35.2 Å². The van der Waals surface area contributed by atoms with Gasteiger partial charge in [0.15, 0.2) is 0 Å². The third kappa shape index (κ3) is 5.17. The quantitative estimate of drug-likeness (QED) is 0.699. The summed E-state index contributed by atoms with van der Waals surface area (Å²) in [6.07, 6.45) is 2.53. The Bertz CT molecular complexity index is 600. The maximum Gasteiger partial charge on any atom is 0.319 e. The van der Waals surface area contributed by atoms with Crippen molar-refractivity contribution in [1.82, 2.24) is 10.2 Å². The molecule has 1 aliphatic rings. The van der Waals surface area contributed by atoms with Gasteiger partial charge in [-0.05, 0) is 37.8 Å². The maximum absolute atomic E-state index is 12.7. The number of likely N-dealkylation sites (tertiary alicyclic amines) is 1. The van der Waals surface area contributed by atoms with Gasteiger partial charge in [0.25, 0.3) is 5.91 Å². The summed E-state index contributed by atoms with van der Waals surface area (Å²) in [6.45, 7) is 3.62. The van der Waals surface area contributed by atoms with Crippen molar-refractivity contribution in [1.29, 1.82) is 0 Å². The Morgan fingerprint density at radius 2 is 2.04 bits per heavy atom. The lowest BCUT2D eigenvalue weighted by Crippen LogP contribution is -2.41. The monoisotopic (exact) mass is 349 g/mol. The van der Waals surface area contributed by atoms with Gasteiger partial charge in [-0.15, -0.1) is 0 Å². The van der Waals surface area contributed by atoms with E-state index in [1.54, 1.807) is 13.2 Å². The number of aliphatic hydroxyl groups is 1. The van der Waals surface area contributed by atoms with Crippen LogP contribution in [-0.2, 0) is 4.74 Å². The van der Waals surface area contributed by atoms with E-state index < -0.39 is 12.1 Å². The van der Waals surface area contributed by atoms with E-state index in [4.69, 9.17) is 4.74 Å². The summed E-state index contributed by atoms with van der Waals surface area (Å²) in [4.78, 5) is 26.8. The van der Waals surface area contributed by atoms with Gasteiger partial charge in [-0.1, -0.05) is 12.1 Å². The highest BCUT2D eigenvalue weighted by molar-refractivity contribution is 6.04. The summed E-state index contributed by atoms with van der Waals surface area (Å²) in [6, 6.07) is 4.56. The molecule has 1 heterocycles. The van der Waals surface area contributed by atoms with Crippen molar-refractivity contribution in [3.63, 3.8) is 0 Å². The largest absolute Gasteiger partial charge is 0.394 e. The predicted octanol–water partition coefficient (Wildman–Crippen LogP) is 1.75. The van der Waals surface area contributed by atoms with Gasteiger partial charge in [-0.3, -0.25) is 4.79 Å². The summed E-state index contributed by atoms with van der Waals surface area (Å²) >= 11 is 0. The van der Waals surface area contributed by atoms with Crippen molar-refractivity contribution < 1.29 is 19.4 Å². The lowest BCUT2D eigenvalue weighted by atomic mass is 10.1. The first-order valence-corrected chi connectivity index (χ1v) is 8.63. The van der Waals surface area contributed by atoms with E-state index in [0.29, 0.717) is 24.3 Å². The van der Waals surface area contributed by atoms with Gasteiger partial charge in [-0.2, -0.15) is 0 Å². The number of carbonyl (C=O) groups is 2. The molecule has 138 valence electrons. The average molecular weight is 349 g/mol. The fraction of sp³-hybridized carbons (Fsp3) is 0.556. The molecule has 3 N–H and O–H groups in total. The molecule has 0 unspecified atom stereocenters. The van der Waals surface area contributed by atoms with Crippen molar-refractivity contribution in [2.24, 2.45) is 0 Å². The van der Waals surface area contributed by atoms with E-state index in [9.17, 15) is 14.7 Å². The molecule has 0 aliphatic carbocycles. The highest BCUT2D eigenvalue weighted by atomic mass is 16.5. The summed E-state index contributed by atoms with van der Waals surface area (Å²) in [7, 11) is 1.57. The van der Waals surface area contributed by atoms with Gasteiger partial charge in [0.2, 0.25) is 0 Å². The van der Waals surface area contributed by atoms with Crippen LogP contribution in [0, 0.1) is 6.92 Å². The number of aliphatic hydroxyl groups excluding tert-OH is 1. The number of para-hydroxylation sites is 1. The second kappa shape index (κ2) is 9.39. The van der Waals surface area contributed by atoms with Crippen LogP contribution in [-0.4, -0.2) is 61.4 Å². The molecule has 7 nitrogen and oxygen atoms in total. The summed E-state index contributed by atoms with van der Waals surface area (Å²) < 4.78 is 4.97. The molecule has 7 heteroatoms. The number of benzene rings is 1. The molecule has 1 fully saturated rings. The van der Waals surface area contributed by atoms with Crippen LogP contribution in [0.5, 0.6) is 0 Å². The molecule has 25 heavy (non-hydrogen) atoms. The second-order valence-corrected chi connectivity index (χ2v) is 6.26. The predicted molar refractivity (Wildman–Crippen MR) is 95.8 cm³/mol. The number of ether oxygens (including phenoxy) is 1. The number of amides is 3. The van der Waals surface area contributed by atoms with Gasteiger partial charge in [0.05, 0.1) is 23.9 Å². The maximum atomic E-state index is 12.7. The van der Waals surface area contributed by atoms with Crippen molar-refractivity contribution in [3.8, 4) is 0 Å². The van der Waals surface area contributed by atoms with Gasteiger partial charge in [0.1, 0.15) is 0 Å². The average Bonchev–Trinajstić information content (AvgIpc) is 3.14. The number of aryl methyl sites for hydroxylation is 1. The first-order chi connectivity index (χ1) is 12.1. The number of carbonyl (C=O) groups excluding carboxylic acids is 2. The van der Waals surface area contributed by atoms with Crippen molar-refractivity contribution >= 4 is 17.6 Å². The van der Waals surface area contributed by atoms with Crippen LogP contribution in [0.25, 0.3) is 0 Å². The van der Waals surface area contributed by atoms with Crippen LogP contribution in [0.3, 0.4) is 0 Å². The number of anilines is 1. The Labute approximate surface area is 148 Å². The molecule has 2 rings (SSSR count). The van der Waals surface area contributed by atoms with E-state index in [2.05, 4.69) is 10.6 Å². The van der Waals surface area contributed by atoms with Crippen LogP contribution in [0.4, 0.5) is 10.5 Å². The molecular formula is C18H27N3O4. The zero-order valence-corrected chi connectivity index (χ0v) is 14.9. The fourth-order valence-electron chi connectivity index (χ4n) is 2.91. The van der Waals surface area contributed by atoms with Gasteiger partial charge in [-0.25, -0.2) is 4.79 Å². The zero-order valence-electron chi connectivity index (χ0n) is 14.9. The van der Waals surface area contributed by atoms with E-state index in [1.807, 2.05) is 24.0 Å². The minimum absolute atomic E-state index is 0.0606. The minimum atomic E-state index is -0.445. The van der Waals surface area contributed by atoms with Crippen molar-refractivity contribution in [3.05, 3.63) is 29.3 Å². The summed E-state index contributed by atoms with van der Waals surface area (Å²) in [5.41, 5.74) is 1.83. The van der Waals surface area contributed by atoms with Crippen molar-refractivity contribution in [2.45, 2.75) is 32.2 Å². The van der Waals surface area contributed by atoms with E-state index in [0.717, 1.165) is 31.5 Å². The molecule has 1 atom stereocenters. The Balaban J connectivity index is 2.10. The van der Waals surface area contributed by atoms with Crippen LogP contribution in [0.15, 0.2) is 18.2 Å². The summed E-state index contributed by atoms with van der Waals surface area (Å²) in [5, 5.41) is 14.8. The number of methoxy groups -OCH3 is 1. The Morgan fingerprint density at radius 3 is 2.68 bits per heavy atom. The lowest BCUT2D eigenvalue weighted by molar-refractivity contribution is 0.0793. The molecule has 1 aromatic rings. The van der Waals surface area contributed by atoms with Gasteiger partial charge in [0, 0.05) is 26.8 Å². The molecule has 0 spiro atoms. The SMILES string of the molecule is COCC[C@@H](CO)NC(=O)Nc1c(C)cccc1C(=O)N1CCCC1. The van der Waals surface area contributed by atoms with E-state index in [-0.39, 0.29) is 12.5 Å². The summed E-state index contributed by atoms with van der Waals surface area (Å²) in [5.74, 6) is -0.0606. The van der Waals surface area contributed by atoms with Crippen molar-refractivity contribution in [2.75, 3.05) is 38.7 Å². The smallest absolute Gasteiger partial charge is 0.319 e. The van der Waals surface area contributed by atoms with Gasteiger partial charge < -0.3 is 25.4 Å². The Kier molecular flexibility index (Phi) is 7.21. The first-order valence-electron chi connectivity index (χ1n) is 8.63. The van der Waals surface area contributed by atoms with E-state index in [1.165, 1.54) is 0 Å². The minimum Gasteiger partial charge on any atom is -0.394 e. The molecule has 1 aromatic carbocycles. The second-order valence-electron chi connectivity index (χ2n) is 6.26. The number of hydrogen-bond acceptors (Lipinski definition) is 4. The standard InChI is InChI=1S/C18H27N3O4/c1-13-6-5-7-15(17(23)21-9-3-4-10-21)16(13)20-18(24)19-14(12-22)8-11-25-2/h5-7,14,22H,3-4,8-12H2,1-2H3,(H2,19,20,24)/t14-/m0/s1. The molecule has 0 saturated carbocycles. The van der Waals surface area contributed by atoms with E-state index >= 15 is 0 Å². The van der Waals surface area contributed by atoms with Crippen LogP contribution in [0.2, 0.25) is 0 Å². The molecule has 0 radical (unpaired) electrons. The molecule has 3 amide bonds. The fourth-order valence-corrected chi connectivity index (χ4v) is 2.91. The number of nitrogens with zero attached hydrogens (tertiary/aromatic N) is 1. The topological polar surface area (TPSA) is 90.9 Å². The molecule has 0 aromatic heterocycles. The lowest BCUT2D eigenvalue weighted by Gasteiger charge is -2.21. The molecule has 1 saturated heterocycles. The first kappa shape index (κ1) is 19.2. The Hall–Kier alpha value is -2.12. The highest BCUT2D eigenvalue weighted by Gasteiger charge is 2.23. The number of rotatable bonds is 7. The van der Waals surface area contributed by atoms with Crippen LogP contribution >= 0.6 is 0 Å².